The normalized spacial score (nSPS) is 20.4. The van der Waals surface area contributed by atoms with Gasteiger partial charge in [0.05, 0.1) is 31.7 Å². The molecule has 1 heterocycles. The van der Waals surface area contributed by atoms with E-state index < -0.39 is 5.82 Å². The van der Waals surface area contributed by atoms with Crippen LogP contribution < -0.4 is 15.4 Å². The highest BCUT2D eigenvalue weighted by atomic mass is 19.1. The molecule has 1 unspecified atom stereocenters. The minimum Gasteiger partial charge on any atom is -0.494 e. The monoisotopic (exact) mass is 240 g/mol. The zero-order valence-electron chi connectivity index (χ0n) is 10.1. The number of ether oxygens (including phenoxy) is 2. The first kappa shape index (κ1) is 12.0. The van der Waals surface area contributed by atoms with Crippen LogP contribution in [-0.2, 0) is 4.74 Å². The molecule has 0 aromatic heterocycles. The fraction of sp³-hybridized carbons (Fsp3) is 0.500. The Labute approximate surface area is 100 Å². The third-order valence-corrected chi connectivity index (χ3v) is 2.98. The van der Waals surface area contributed by atoms with E-state index in [4.69, 9.17) is 15.2 Å². The molecule has 0 saturated carbocycles. The summed E-state index contributed by atoms with van der Waals surface area (Å²) in [5.41, 5.74) is 7.09. The highest BCUT2D eigenvalue weighted by molar-refractivity contribution is 5.70. The first-order valence-corrected chi connectivity index (χ1v) is 5.61. The Morgan fingerprint density at radius 3 is 2.94 bits per heavy atom. The lowest BCUT2D eigenvalue weighted by atomic mass is 10.1. The number of hydrogen-bond donors (Lipinski definition) is 1. The number of nitrogens with two attached hydrogens (primary N) is 1. The van der Waals surface area contributed by atoms with Gasteiger partial charge in [0.1, 0.15) is 0 Å². The second kappa shape index (κ2) is 4.79. The number of rotatable bonds is 2. The van der Waals surface area contributed by atoms with Gasteiger partial charge in [0.25, 0.3) is 0 Å². The standard InChI is InChI=1S/C12H17FN2O2/c1-8-7-17-4-3-15(8)11-6-12(16-2)9(13)5-10(11)14/h5-6,8H,3-4,7,14H2,1-2H3. The summed E-state index contributed by atoms with van der Waals surface area (Å²) in [7, 11) is 1.45. The zero-order valence-corrected chi connectivity index (χ0v) is 10.1. The van der Waals surface area contributed by atoms with E-state index in [-0.39, 0.29) is 11.8 Å². The van der Waals surface area contributed by atoms with Crippen molar-refractivity contribution >= 4 is 11.4 Å². The van der Waals surface area contributed by atoms with Crippen LogP contribution in [0.15, 0.2) is 12.1 Å². The van der Waals surface area contributed by atoms with Crippen LogP contribution in [0.5, 0.6) is 5.75 Å². The first-order valence-electron chi connectivity index (χ1n) is 5.61. The van der Waals surface area contributed by atoms with E-state index in [1.165, 1.54) is 13.2 Å². The van der Waals surface area contributed by atoms with Crippen molar-refractivity contribution in [2.75, 3.05) is 37.5 Å². The van der Waals surface area contributed by atoms with E-state index in [2.05, 4.69) is 11.8 Å². The average Bonchev–Trinajstić information content (AvgIpc) is 2.31. The van der Waals surface area contributed by atoms with Crippen LogP contribution in [0.2, 0.25) is 0 Å². The van der Waals surface area contributed by atoms with Gasteiger partial charge in [0, 0.05) is 24.7 Å². The fourth-order valence-electron chi connectivity index (χ4n) is 2.05. The number of anilines is 2. The second-order valence-electron chi connectivity index (χ2n) is 4.16. The van der Waals surface area contributed by atoms with Gasteiger partial charge in [-0.25, -0.2) is 4.39 Å². The average molecular weight is 240 g/mol. The fourth-order valence-corrected chi connectivity index (χ4v) is 2.05. The minimum atomic E-state index is -0.435. The Bertz CT molecular complexity index is 412. The predicted molar refractivity (Wildman–Crippen MR) is 65.0 cm³/mol. The Balaban J connectivity index is 2.36. The van der Waals surface area contributed by atoms with Crippen molar-refractivity contribution in [3.63, 3.8) is 0 Å². The van der Waals surface area contributed by atoms with Gasteiger partial charge in [0.15, 0.2) is 11.6 Å². The van der Waals surface area contributed by atoms with Crippen molar-refractivity contribution < 1.29 is 13.9 Å². The number of methoxy groups -OCH3 is 1. The second-order valence-corrected chi connectivity index (χ2v) is 4.16. The van der Waals surface area contributed by atoms with E-state index in [0.29, 0.717) is 18.9 Å². The van der Waals surface area contributed by atoms with Crippen LogP contribution in [0.3, 0.4) is 0 Å². The van der Waals surface area contributed by atoms with Crippen molar-refractivity contribution in [1.29, 1.82) is 0 Å². The highest BCUT2D eigenvalue weighted by Gasteiger charge is 2.22. The lowest BCUT2D eigenvalue weighted by Crippen LogP contribution is -2.44. The summed E-state index contributed by atoms with van der Waals surface area (Å²) in [6.45, 7) is 4.11. The number of morpholine rings is 1. The maximum absolute atomic E-state index is 13.4. The molecule has 1 atom stereocenters. The summed E-state index contributed by atoms with van der Waals surface area (Å²) in [6, 6.07) is 3.17. The third-order valence-electron chi connectivity index (χ3n) is 2.98. The number of hydrogen-bond acceptors (Lipinski definition) is 4. The summed E-state index contributed by atoms with van der Waals surface area (Å²) < 4.78 is 23.8. The molecule has 5 heteroatoms. The van der Waals surface area contributed by atoms with Gasteiger partial charge >= 0.3 is 0 Å². The van der Waals surface area contributed by atoms with E-state index >= 15 is 0 Å². The molecule has 0 amide bonds. The van der Waals surface area contributed by atoms with Crippen LogP contribution >= 0.6 is 0 Å². The van der Waals surface area contributed by atoms with Gasteiger partial charge in [-0.1, -0.05) is 0 Å². The van der Waals surface area contributed by atoms with Gasteiger partial charge in [-0.15, -0.1) is 0 Å². The van der Waals surface area contributed by atoms with Crippen LogP contribution in [-0.4, -0.2) is 32.9 Å². The molecule has 1 fully saturated rings. The van der Waals surface area contributed by atoms with Crippen LogP contribution in [0, 0.1) is 5.82 Å². The molecule has 17 heavy (non-hydrogen) atoms. The van der Waals surface area contributed by atoms with Gasteiger partial charge in [-0.3, -0.25) is 0 Å². The predicted octanol–water partition coefficient (Wildman–Crippen LogP) is 1.64. The van der Waals surface area contributed by atoms with Crippen molar-refractivity contribution in [2.45, 2.75) is 13.0 Å². The smallest absolute Gasteiger partial charge is 0.167 e. The number of halogens is 1. The summed E-state index contributed by atoms with van der Waals surface area (Å²) in [5.74, 6) is -0.220. The highest BCUT2D eigenvalue weighted by Crippen LogP contribution is 2.32. The summed E-state index contributed by atoms with van der Waals surface area (Å²) in [4.78, 5) is 2.11. The van der Waals surface area contributed by atoms with Crippen LogP contribution in [0.1, 0.15) is 6.92 Å². The third kappa shape index (κ3) is 2.29. The van der Waals surface area contributed by atoms with E-state index in [0.717, 1.165) is 12.2 Å². The Kier molecular flexibility index (Phi) is 3.38. The molecule has 94 valence electrons. The lowest BCUT2D eigenvalue weighted by Gasteiger charge is -2.36. The SMILES string of the molecule is COc1cc(N2CCOCC2C)c(N)cc1F. The molecule has 1 aliphatic rings. The van der Waals surface area contributed by atoms with Crippen molar-refractivity contribution in [1.82, 2.24) is 0 Å². The summed E-state index contributed by atoms with van der Waals surface area (Å²) in [6.07, 6.45) is 0. The Hall–Kier alpha value is -1.49. The molecular weight excluding hydrogens is 223 g/mol. The number of nitrogens with zero attached hydrogens (tertiary/aromatic N) is 1. The summed E-state index contributed by atoms with van der Waals surface area (Å²) in [5, 5.41) is 0. The molecule has 0 spiro atoms. The van der Waals surface area contributed by atoms with E-state index in [9.17, 15) is 4.39 Å². The van der Waals surface area contributed by atoms with E-state index in [1.807, 2.05) is 0 Å². The largest absolute Gasteiger partial charge is 0.494 e. The quantitative estimate of drug-likeness (QED) is 0.798. The molecular formula is C12H17FN2O2. The molecule has 4 nitrogen and oxygen atoms in total. The molecule has 0 bridgehead atoms. The van der Waals surface area contributed by atoms with Crippen LogP contribution in [0.4, 0.5) is 15.8 Å². The molecule has 0 radical (unpaired) electrons. The van der Waals surface area contributed by atoms with Gasteiger partial charge in [0.2, 0.25) is 0 Å². The van der Waals surface area contributed by atoms with Crippen molar-refractivity contribution in [3.8, 4) is 5.75 Å². The Morgan fingerprint density at radius 2 is 2.29 bits per heavy atom. The van der Waals surface area contributed by atoms with Gasteiger partial charge in [-0.2, -0.15) is 0 Å². The molecule has 0 aliphatic carbocycles. The first-order chi connectivity index (χ1) is 8.13. The number of nitrogen functional groups attached to an aromatic ring is 1. The maximum atomic E-state index is 13.4. The topological polar surface area (TPSA) is 47.7 Å². The molecule has 1 aromatic rings. The minimum absolute atomic E-state index is 0.216. The van der Waals surface area contributed by atoms with Gasteiger partial charge < -0.3 is 20.1 Å². The lowest BCUT2D eigenvalue weighted by molar-refractivity contribution is 0.0990. The van der Waals surface area contributed by atoms with Crippen LogP contribution in [0.25, 0.3) is 0 Å². The maximum Gasteiger partial charge on any atom is 0.167 e. The molecule has 1 aromatic carbocycles. The van der Waals surface area contributed by atoms with Gasteiger partial charge in [-0.05, 0) is 6.92 Å². The zero-order chi connectivity index (χ0) is 12.4. The molecule has 1 saturated heterocycles. The Morgan fingerprint density at radius 1 is 1.53 bits per heavy atom. The van der Waals surface area contributed by atoms with E-state index in [1.54, 1.807) is 6.07 Å². The van der Waals surface area contributed by atoms with Crippen molar-refractivity contribution in [2.24, 2.45) is 0 Å². The number of benzene rings is 1. The molecule has 2 rings (SSSR count). The molecule has 1 aliphatic heterocycles. The van der Waals surface area contributed by atoms with Crippen molar-refractivity contribution in [3.05, 3.63) is 17.9 Å². The molecule has 2 N–H and O–H groups in total. The summed E-state index contributed by atoms with van der Waals surface area (Å²) >= 11 is 0.